The van der Waals surface area contributed by atoms with Gasteiger partial charge in [0.1, 0.15) is 16.5 Å². The summed E-state index contributed by atoms with van der Waals surface area (Å²) in [7, 11) is 1.51. The normalized spacial score (nSPS) is 9.73. The van der Waals surface area contributed by atoms with Crippen molar-refractivity contribution >= 4 is 11.6 Å². The molecule has 0 aliphatic heterocycles. The fraction of sp³-hybridized carbons (Fsp3) is 0.250. The summed E-state index contributed by atoms with van der Waals surface area (Å²) in [5.74, 6) is 0.563. The average Bonchev–Trinajstić information content (AvgIpc) is 1.96. The van der Waals surface area contributed by atoms with Crippen LogP contribution < -0.4 is 4.74 Å². The van der Waals surface area contributed by atoms with Gasteiger partial charge >= 0.3 is 0 Å². The molecule has 0 aliphatic carbocycles. The first-order chi connectivity index (χ1) is 5.15. The molecule has 0 atom stereocenters. The highest BCUT2D eigenvalue weighted by atomic mass is 35.5. The third kappa shape index (κ3) is 1.57. The molecule has 0 heterocycles. The van der Waals surface area contributed by atoms with Crippen LogP contribution >= 0.6 is 11.6 Å². The molecule has 0 radical (unpaired) electrons. The molecule has 60 valence electrons. The van der Waals surface area contributed by atoms with E-state index in [-0.39, 0.29) is 10.8 Å². The highest BCUT2D eigenvalue weighted by Gasteiger charge is 2.05. The lowest BCUT2D eigenvalue weighted by Gasteiger charge is -2.05. The Hall–Kier alpha value is -0.890. The summed E-state index contributed by atoms with van der Waals surface area (Å²) in [6.07, 6.45) is 0. The molecular weight excluding hydrogens is 164 g/mol. The number of benzene rings is 1. The number of aryl methyl sites for hydroxylation is 1. The number of hydrogen-bond donors (Lipinski definition) is 1. The van der Waals surface area contributed by atoms with Gasteiger partial charge in [-0.25, -0.2) is 0 Å². The minimum atomic E-state index is 0.0588. The molecule has 2 nitrogen and oxygen atoms in total. The van der Waals surface area contributed by atoms with Crippen LogP contribution in [0.4, 0.5) is 0 Å². The number of halogens is 1. The number of ether oxygens (including phenoxy) is 1. The van der Waals surface area contributed by atoms with Crippen LogP contribution in [-0.2, 0) is 0 Å². The maximum absolute atomic E-state index is 9.20. The second-order valence-corrected chi connectivity index (χ2v) is 2.68. The lowest BCUT2D eigenvalue weighted by atomic mass is 10.2. The predicted molar refractivity (Wildman–Crippen MR) is 44.4 cm³/mol. The van der Waals surface area contributed by atoms with Crippen molar-refractivity contribution in [1.82, 2.24) is 0 Å². The molecular formula is C8H9ClO2. The van der Waals surface area contributed by atoms with Crippen LogP contribution in [0.3, 0.4) is 0 Å². The zero-order chi connectivity index (χ0) is 8.43. The molecule has 0 saturated heterocycles. The number of rotatable bonds is 1. The number of hydrogen-bond acceptors (Lipinski definition) is 2. The van der Waals surface area contributed by atoms with Crippen molar-refractivity contribution in [3.8, 4) is 11.5 Å². The standard InChI is InChI=1S/C8H9ClO2/c1-5-3-6(10)8(9)7(4-5)11-2/h3-4,10H,1-2H3. The summed E-state index contributed by atoms with van der Waals surface area (Å²) in [6, 6.07) is 3.35. The summed E-state index contributed by atoms with van der Waals surface area (Å²) in [5, 5.41) is 9.46. The molecule has 0 aromatic heterocycles. The largest absolute Gasteiger partial charge is 0.506 e. The van der Waals surface area contributed by atoms with E-state index in [4.69, 9.17) is 16.3 Å². The molecule has 0 spiro atoms. The first kappa shape index (κ1) is 8.21. The highest BCUT2D eigenvalue weighted by Crippen LogP contribution is 2.33. The maximum atomic E-state index is 9.20. The molecule has 1 aromatic carbocycles. The first-order valence-electron chi connectivity index (χ1n) is 3.18. The van der Waals surface area contributed by atoms with Gasteiger partial charge in [0.2, 0.25) is 0 Å². The first-order valence-corrected chi connectivity index (χ1v) is 3.56. The second kappa shape index (κ2) is 3.01. The van der Waals surface area contributed by atoms with Crippen molar-refractivity contribution < 1.29 is 9.84 Å². The van der Waals surface area contributed by atoms with Crippen LogP contribution in [0, 0.1) is 6.92 Å². The predicted octanol–water partition coefficient (Wildman–Crippen LogP) is 2.36. The van der Waals surface area contributed by atoms with E-state index >= 15 is 0 Å². The van der Waals surface area contributed by atoms with Gasteiger partial charge in [-0.15, -0.1) is 0 Å². The molecule has 0 aliphatic rings. The Balaban J connectivity index is 3.24. The van der Waals surface area contributed by atoms with E-state index in [1.54, 1.807) is 12.1 Å². The molecule has 1 N–H and O–H groups in total. The molecule has 11 heavy (non-hydrogen) atoms. The van der Waals surface area contributed by atoms with E-state index in [2.05, 4.69) is 0 Å². The Morgan fingerprint density at radius 2 is 2.09 bits per heavy atom. The smallest absolute Gasteiger partial charge is 0.141 e. The summed E-state index contributed by atoms with van der Waals surface area (Å²) in [5.41, 5.74) is 0.920. The van der Waals surface area contributed by atoms with Crippen molar-refractivity contribution in [2.45, 2.75) is 6.92 Å². The SMILES string of the molecule is COc1cc(C)cc(O)c1Cl. The molecule has 0 bridgehead atoms. The van der Waals surface area contributed by atoms with Gasteiger partial charge in [0.15, 0.2) is 0 Å². The van der Waals surface area contributed by atoms with Crippen LogP contribution in [0.2, 0.25) is 5.02 Å². The number of methoxy groups -OCH3 is 1. The summed E-state index contributed by atoms with van der Waals surface area (Å²) < 4.78 is 4.91. The van der Waals surface area contributed by atoms with Crippen LogP contribution in [0.1, 0.15) is 5.56 Å². The molecule has 0 amide bonds. The lowest BCUT2D eigenvalue weighted by molar-refractivity contribution is 0.407. The Morgan fingerprint density at radius 1 is 1.45 bits per heavy atom. The van der Waals surface area contributed by atoms with Crippen molar-refractivity contribution in [2.24, 2.45) is 0 Å². The Labute approximate surface area is 70.4 Å². The average molecular weight is 173 g/mol. The minimum Gasteiger partial charge on any atom is -0.506 e. The number of aromatic hydroxyl groups is 1. The summed E-state index contributed by atoms with van der Waals surface area (Å²) in [6.45, 7) is 1.86. The molecule has 0 unspecified atom stereocenters. The Morgan fingerprint density at radius 3 is 2.64 bits per heavy atom. The van der Waals surface area contributed by atoms with Crippen LogP contribution in [0.25, 0.3) is 0 Å². The quantitative estimate of drug-likeness (QED) is 0.705. The van der Waals surface area contributed by atoms with Gasteiger partial charge in [-0.05, 0) is 24.6 Å². The molecule has 1 rings (SSSR count). The van der Waals surface area contributed by atoms with E-state index in [0.29, 0.717) is 5.75 Å². The van der Waals surface area contributed by atoms with E-state index in [9.17, 15) is 5.11 Å². The van der Waals surface area contributed by atoms with Gasteiger partial charge in [-0.2, -0.15) is 0 Å². The zero-order valence-electron chi connectivity index (χ0n) is 6.39. The monoisotopic (exact) mass is 172 g/mol. The van der Waals surface area contributed by atoms with Crippen molar-refractivity contribution in [3.63, 3.8) is 0 Å². The second-order valence-electron chi connectivity index (χ2n) is 2.30. The van der Waals surface area contributed by atoms with E-state index < -0.39 is 0 Å². The fourth-order valence-electron chi connectivity index (χ4n) is 0.866. The van der Waals surface area contributed by atoms with Gasteiger partial charge < -0.3 is 9.84 Å². The Kier molecular flexibility index (Phi) is 2.25. The van der Waals surface area contributed by atoms with E-state index in [1.807, 2.05) is 6.92 Å². The summed E-state index contributed by atoms with van der Waals surface area (Å²) >= 11 is 5.69. The van der Waals surface area contributed by atoms with E-state index in [0.717, 1.165) is 5.56 Å². The van der Waals surface area contributed by atoms with Crippen molar-refractivity contribution in [2.75, 3.05) is 7.11 Å². The molecule has 0 fully saturated rings. The highest BCUT2D eigenvalue weighted by molar-refractivity contribution is 6.33. The zero-order valence-corrected chi connectivity index (χ0v) is 7.14. The summed E-state index contributed by atoms with van der Waals surface area (Å²) in [4.78, 5) is 0. The van der Waals surface area contributed by atoms with Crippen LogP contribution in [0.5, 0.6) is 11.5 Å². The topological polar surface area (TPSA) is 29.5 Å². The number of phenolic OH excluding ortho intramolecular Hbond substituents is 1. The van der Waals surface area contributed by atoms with Gasteiger partial charge in [0, 0.05) is 0 Å². The van der Waals surface area contributed by atoms with Gasteiger partial charge in [-0.1, -0.05) is 11.6 Å². The fourth-order valence-corrected chi connectivity index (χ4v) is 1.05. The molecule has 1 aromatic rings. The van der Waals surface area contributed by atoms with Crippen LogP contribution in [0.15, 0.2) is 12.1 Å². The number of phenols is 1. The molecule has 0 saturated carbocycles. The van der Waals surface area contributed by atoms with Crippen molar-refractivity contribution in [1.29, 1.82) is 0 Å². The third-order valence-electron chi connectivity index (χ3n) is 1.38. The van der Waals surface area contributed by atoms with Crippen molar-refractivity contribution in [3.05, 3.63) is 22.7 Å². The van der Waals surface area contributed by atoms with Crippen LogP contribution in [-0.4, -0.2) is 12.2 Å². The van der Waals surface area contributed by atoms with Gasteiger partial charge in [-0.3, -0.25) is 0 Å². The maximum Gasteiger partial charge on any atom is 0.141 e. The molecule has 3 heteroatoms. The Bertz CT molecular complexity index is 271. The third-order valence-corrected chi connectivity index (χ3v) is 1.76. The van der Waals surface area contributed by atoms with Gasteiger partial charge in [0.05, 0.1) is 7.11 Å². The van der Waals surface area contributed by atoms with Gasteiger partial charge in [0.25, 0.3) is 0 Å². The lowest BCUT2D eigenvalue weighted by Crippen LogP contribution is -1.85. The van der Waals surface area contributed by atoms with E-state index in [1.165, 1.54) is 7.11 Å². The minimum absolute atomic E-state index is 0.0588.